The molecule has 12 heteroatoms. The molecule has 0 radical (unpaired) electrons. The van der Waals surface area contributed by atoms with Crippen LogP contribution in [0.4, 0.5) is 43.9 Å². The van der Waals surface area contributed by atoms with Crippen molar-refractivity contribution < 1.29 is 43.9 Å². The van der Waals surface area contributed by atoms with Crippen LogP contribution in [0.5, 0.6) is 0 Å². The fourth-order valence-electron chi connectivity index (χ4n) is 0.689. The minimum atomic E-state index is -6.84. The van der Waals surface area contributed by atoms with Crippen molar-refractivity contribution in [1.82, 2.24) is 0 Å². The van der Waals surface area contributed by atoms with E-state index in [1.165, 1.54) is 0 Å². The molecule has 0 amide bonds. The Morgan fingerprint density at radius 1 is 0.667 bits per heavy atom. The fraction of sp³-hybridized carbons (Fsp3) is 1.00. The summed E-state index contributed by atoms with van der Waals surface area (Å²) < 4.78 is 123. The zero-order chi connectivity index (χ0) is 15.2. The summed E-state index contributed by atoms with van der Waals surface area (Å²) in [6.45, 7) is -3.00. The van der Waals surface area contributed by atoms with Gasteiger partial charge in [-0.05, 0) is 0 Å². The van der Waals surface area contributed by atoms with Gasteiger partial charge in [-0.3, -0.25) is 0 Å². The molecule has 0 bridgehead atoms. The van der Waals surface area contributed by atoms with Gasteiger partial charge in [-0.15, -0.1) is 0 Å². The second-order valence-corrected chi connectivity index (χ2v) is 4.18. The predicted octanol–water partition coefficient (Wildman–Crippen LogP) is 4.60. The Hall–Kier alpha value is -0.120. The third-order valence-corrected chi connectivity index (χ3v) is 2.56. The van der Waals surface area contributed by atoms with Gasteiger partial charge in [0.2, 0.25) is 0 Å². The maximum atomic E-state index is 12.7. The van der Waals surface area contributed by atoms with Gasteiger partial charge in [-0.1, -0.05) is 23.2 Å². The van der Waals surface area contributed by atoms with E-state index >= 15 is 0 Å². The monoisotopic (exact) mass is 334 g/mol. The van der Waals surface area contributed by atoms with Gasteiger partial charge >= 0.3 is 23.1 Å². The molecule has 0 aromatic heterocycles. The van der Waals surface area contributed by atoms with Crippen LogP contribution in [0.1, 0.15) is 0 Å². The summed E-state index contributed by atoms with van der Waals surface area (Å²) in [5.41, 5.74) is 0. The molecule has 0 spiro atoms. The topological polar surface area (TPSA) is 0 Å². The molecule has 0 saturated carbocycles. The molecule has 0 saturated heterocycles. The molecule has 110 valence electrons. The zero-order valence-corrected chi connectivity index (χ0v) is 9.25. The molecule has 0 fully saturated rings. The van der Waals surface area contributed by atoms with Crippen LogP contribution in [0.25, 0.3) is 0 Å². The zero-order valence-electron chi connectivity index (χ0n) is 7.74. The first-order valence-electron chi connectivity index (χ1n) is 3.70. The average molecular weight is 335 g/mol. The van der Waals surface area contributed by atoms with Crippen molar-refractivity contribution >= 4 is 23.2 Å². The Morgan fingerprint density at radius 2 is 1.00 bits per heavy atom. The van der Waals surface area contributed by atoms with Gasteiger partial charge < -0.3 is 0 Å². The minimum absolute atomic E-state index is 3.00. The first-order valence-corrected chi connectivity index (χ1v) is 4.46. The minimum Gasteiger partial charge on any atom is -0.246 e. The van der Waals surface area contributed by atoms with Crippen molar-refractivity contribution in [3.63, 3.8) is 0 Å². The Kier molecular flexibility index (Phi) is 4.43. The summed E-state index contributed by atoms with van der Waals surface area (Å²) in [4.78, 5) is 0. The Bertz CT molecular complexity index is 306. The molecular weight excluding hydrogens is 333 g/mol. The third-order valence-electron chi connectivity index (χ3n) is 1.77. The number of hydrogen-bond acceptors (Lipinski definition) is 0. The van der Waals surface area contributed by atoms with E-state index in [2.05, 4.69) is 23.2 Å². The van der Waals surface area contributed by atoms with E-state index in [9.17, 15) is 43.9 Å². The van der Waals surface area contributed by atoms with Crippen molar-refractivity contribution in [2.45, 2.75) is 28.3 Å². The third kappa shape index (κ3) is 2.33. The van der Waals surface area contributed by atoms with Gasteiger partial charge in [0.25, 0.3) is 5.13 Å². The summed E-state index contributed by atoms with van der Waals surface area (Å²) in [6.07, 6.45) is -6.68. The van der Waals surface area contributed by atoms with Gasteiger partial charge in [-0.25, -0.2) is 13.2 Å². The second-order valence-electron chi connectivity index (χ2n) is 3.06. The van der Waals surface area contributed by atoms with Crippen molar-refractivity contribution in [2.75, 3.05) is 6.67 Å². The van der Waals surface area contributed by atoms with E-state index < -0.39 is 35.0 Å². The summed E-state index contributed by atoms with van der Waals surface area (Å²) in [5.74, 6) is -13.4. The maximum absolute atomic E-state index is 12.7. The van der Waals surface area contributed by atoms with Gasteiger partial charge in [0.05, 0.1) is 0 Å². The number of alkyl halides is 12. The van der Waals surface area contributed by atoms with Gasteiger partial charge in [-0.2, -0.15) is 30.7 Å². The van der Waals surface area contributed by atoms with Crippen LogP contribution in [0.15, 0.2) is 0 Å². The molecule has 0 aromatic rings. The average Bonchev–Trinajstić information content (AvgIpc) is 2.15. The lowest BCUT2D eigenvalue weighted by molar-refractivity contribution is -0.340. The maximum Gasteiger partial charge on any atom is 0.443 e. The van der Waals surface area contributed by atoms with Crippen LogP contribution >= 0.6 is 23.2 Å². The molecule has 2 unspecified atom stereocenters. The summed E-state index contributed by atoms with van der Waals surface area (Å²) >= 11 is 7.67. The van der Waals surface area contributed by atoms with Crippen molar-refractivity contribution in [1.29, 1.82) is 0 Å². The highest BCUT2D eigenvalue weighted by Crippen LogP contribution is 2.58. The molecule has 2 atom stereocenters. The lowest BCUT2D eigenvalue weighted by Gasteiger charge is -2.38. The van der Waals surface area contributed by atoms with E-state index in [1.54, 1.807) is 0 Å². The molecule has 0 N–H and O–H groups in total. The summed E-state index contributed by atoms with van der Waals surface area (Å²) in [6, 6.07) is 0. The van der Waals surface area contributed by atoms with Crippen LogP contribution in [0, 0.1) is 0 Å². The molecule has 0 aliphatic heterocycles. The highest BCUT2D eigenvalue weighted by molar-refractivity contribution is 6.25. The van der Waals surface area contributed by atoms with Crippen molar-refractivity contribution in [2.24, 2.45) is 0 Å². The normalized spacial score (nSPS) is 21.3. The number of halogens is 12. The van der Waals surface area contributed by atoms with Gasteiger partial charge in [0.1, 0.15) is 6.67 Å². The van der Waals surface area contributed by atoms with Gasteiger partial charge in [0.15, 0.2) is 0 Å². The van der Waals surface area contributed by atoms with Crippen molar-refractivity contribution in [3.8, 4) is 0 Å². The molecular formula is C6H2Cl2F10. The van der Waals surface area contributed by atoms with E-state index in [4.69, 9.17) is 0 Å². The van der Waals surface area contributed by atoms with Crippen LogP contribution in [0.2, 0.25) is 0 Å². The molecule has 0 aliphatic carbocycles. The highest BCUT2D eigenvalue weighted by Gasteiger charge is 2.84. The molecule has 0 heterocycles. The lowest BCUT2D eigenvalue weighted by Crippen LogP contribution is -2.66. The highest BCUT2D eigenvalue weighted by atomic mass is 35.5. The standard InChI is InChI=1S/C6H2Cl2F10/c7-2(10,1-9)4(12,13)5(14,15)3(8,11)6(16,17)18/h1H2. The van der Waals surface area contributed by atoms with Crippen LogP contribution in [0.3, 0.4) is 0 Å². The molecule has 0 rings (SSSR count). The van der Waals surface area contributed by atoms with E-state index in [-0.39, 0.29) is 0 Å². The molecule has 0 aromatic carbocycles. The van der Waals surface area contributed by atoms with E-state index in [0.717, 1.165) is 0 Å². The first-order chi connectivity index (χ1) is 7.56. The molecule has 18 heavy (non-hydrogen) atoms. The van der Waals surface area contributed by atoms with Crippen LogP contribution in [-0.4, -0.2) is 35.0 Å². The van der Waals surface area contributed by atoms with Crippen LogP contribution in [-0.2, 0) is 0 Å². The smallest absolute Gasteiger partial charge is 0.246 e. The predicted molar refractivity (Wildman–Crippen MR) is 41.3 cm³/mol. The van der Waals surface area contributed by atoms with Crippen molar-refractivity contribution in [3.05, 3.63) is 0 Å². The van der Waals surface area contributed by atoms with E-state index in [1.807, 2.05) is 0 Å². The SMILES string of the molecule is FCC(F)(Cl)C(F)(F)C(F)(F)C(F)(Cl)C(F)(F)F. The number of rotatable bonds is 4. The largest absolute Gasteiger partial charge is 0.443 e. The summed E-state index contributed by atoms with van der Waals surface area (Å²) in [7, 11) is 0. The lowest BCUT2D eigenvalue weighted by atomic mass is 10.0. The Morgan fingerprint density at radius 3 is 1.22 bits per heavy atom. The second kappa shape index (κ2) is 4.46. The van der Waals surface area contributed by atoms with Gasteiger partial charge in [0, 0.05) is 0 Å². The Labute approximate surface area is 103 Å². The fourth-order valence-corrected chi connectivity index (χ4v) is 0.926. The first kappa shape index (κ1) is 17.9. The summed E-state index contributed by atoms with van der Waals surface area (Å²) in [5, 5.41) is -11.6. The molecule has 0 aliphatic rings. The van der Waals surface area contributed by atoms with E-state index in [0.29, 0.717) is 0 Å². The van der Waals surface area contributed by atoms with Crippen LogP contribution < -0.4 is 0 Å². The number of hydrogen-bond donors (Lipinski definition) is 0. The Balaban J connectivity index is 5.80. The molecule has 0 nitrogen and oxygen atoms in total. The quantitative estimate of drug-likeness (QED) is 0.520.